The molecule has 0 amide bonds. The predicted molar refractivity (Wildman–Crippen MR) is 70.9 cm³/mol. The van der Waals surface area contributed by atoms with Gasteiger partial charge in [-0.15, -0.1) is 6.58 Å². The summed E-state index contributed by atoms with van der Waals surface area (Å²) in [7, 11) is 0. The summed E-state index contributed by atoms with van der Waals surface area (Å²) < 4.78 is 5.84. The fourth-order valence-corrected chi connectivity index (χ4v) is 2.34. The van der Waals surface area contributed by atoms with Crippen molar-refractivity contribution in [1.29, 1.82) is 0 Å². The van der Waals surface area contributed by atoms with Gasteiger partial charge in [0.25, 0.3) is 0 Å². The Hall–Kier alpha value is -1.12. The molecule has 1 aromatic rings. The van der Waals surface area contributed by atoms with E-state index in [2.05, 4.69) is 30.8 Å². The van der Waals surface area contributed by atoms with Crippen LogP contribution in [0.1, 0.15) is 37.0 Å². The number of nitrogens with two attached hydrogens (primary N) is 1. The molecule has 17 heavy (non-hydrogen) atoms. The van der Waals surface area contributed by atoms with E-state index in [1.807, 2.05) is 6.92 Å². The molecule has 0 bridgehead atoms. The number of allylic oxidation sites excluding steroid dienone is 1. The van der Waals surface area contributed by atoms with Crippen molar-refractivity contribution in [3.8, 4) is 0 Å². The van der Waals surface area contributed by atoms with Crippen LogP contribution in [-0.2, 0) is 11.2 Å². The zero-order valence-electron chi connectivity index (χ0n) is 10.5. The second-order valence-corrected chi connectivity index (χ2v) is 4.90. The van der Waals surface area contributed by atoms with Gasteiger partial charge in [-0.05, 0) is 37.3 Å². The monoisotopic (exact) mass is 231 g/mol. The molecular weight excluding hydrogens is 210 g/mol. The highest BCUT2D eigenvalue weighted by Crippen LogP contribution is 2.30. The van der Waals surface area contributed by atoms with Crippen LogP contribution in [0.2, 0.25) is 0 Å². The lowest BCUT2D eigenvalue weighted by Gasteiger charge is -2.30. The second kappa shape index (κ2) is 5.48. The summed E-state index contributed by atoms with van der Waals surface area (Å²) in [5.74, 6) is 0. The van der Waals surface area contributed by atoms with E-state index in [4.69, 9.17) is 10.5 Å². The first-order valence-corrected chi connectivity index (χ1v) is 6.28. The Labute approximate surface area is 103 Å². The van der Waals surface area contributed by atoms with Crippen molar-refractivity contribution in [1.82, 2.24) is 0 Å². The van der Waals surface area contributed by atoms with Crippen LogP contribution in [0.3, 0.4) is 0 Å². The standard InChI is InChI=1S/C15H21NO/c1-11(2)7-8-14(16)15-13-6-4-3-5-12(13)9-10-17-15/h3-6,14-15H,1,7-10,16H2,2H3. The predicted octanol–water partition coefficient (Wildman–Crippen LogP) is 2.98. The minimum Gasteiger partial charge on any atom is -0.372 e. The van der Waals surface area contributed by atoms with Gasteiger partial charge >= 0.3 is 0 Å². The number of ether oxygens (including phenoxy) is 1. The molecule has 0 saturated heterocycles. The van der Waals surface area contributed by atoms with Crippen LogP contribution in [0.25, 0.3) is 0 Å². The van der Waals surface area contributed by atoms with E-state index < -0.39 is 0 Å². The van der Waals surface area contributed by atoms with Crippen LogP contribution in [0.5, 0.6) is 0 Å². The van der Waals surface area contributed by atoms with Crippen LogP contribution in [0, 0.1) is 0 Å². The number of hydrogen-bond donors (Lipinski definition) is 1. The average Bonchev–Trinajstić information content (AvgIpc) is 2.35. The third-order valence-electron chi connectivity index (χ3n) is 3.32. The van der Waals surface area contributed by atoms with Gasteiger partial charge in [0, 0.05) is 6.04 Å². The van der Waals surface area contributed by atoms with E-state index >= 15 is 0 Å². The Kier molecular flexibility index (Phi) is 3.97. The smallest absolute Gasteiger partial charge is 0.0978 e. The molecule has 0 aromatic heterocycles. The van der Waals surface area contributed by atoms with Crippen molar-refractivity contribution in [3.05, 3.63) is 47.5 Å². The zero-order chi connectivity index (χ0) is 12.3. The molecule has 0 fully saturated rings. The highest BCUT2D eigenvalue weighted by molar-refractivity contribution is 5.31. The van der Waals surface area contributed by atoms with Crippen molar-refractivity contribution in [2.75, 3.05) is 6.61 Å². The lowest BCUT2D eigenvalue weighted by Crippen LogP contribution is -2.33. The first-order chi connectivity index (χ1) is 8.18. The van der Waals surface area contributed by atoms with Gasteiger partial charge in [-0.25, -0.2) is 0 Å². The van der Waals surface area contributed by atoms with Crippen molar-refractivity contribution >= 4 is 0 Å². The molecule has 0 aliphatic carbocycles. The molecular formula is C15H21NO. The summed E-state index contributed by atoms with van der Waals surface area (Å²) in [6.07, 6.45) is 2.97. The molecule has 1 heterocycles. The Bertz CT molecular complexity index is 400. The summed E-state index contributed by atoms with van der Waals surface area (Å²) in [4.78, 5) is 0. The van der Waals surface area contributed by atoms with Crippen molar-refractivity contribution in [2.45, 2.75) is 38.3 Å². The van der Waals surface area contributed by atoms with Gasteiger partial charge in [0.15, 0.2) is 0 Å². The van der Waals surface area contributed by atoms with Gasteiger partial charge in [0.05, 0.1) is 12.7 Å². The molecule has 1 aliphatic heterocycles. The van der Waals surface area contributed by atoms with Gasteiger partial charge in [-0.3, -0.25) is 0 Å². The Morgan fingerprint density at radius 3 is 3.06 bits per heavy atom. The number of benzene rings is 1. The largest absolute Gasteiger partial charge is 0.372 e. The molecule has 2 unspecified atom stereocenters. The van der Waals surface area contributed by atoms with Gasteiger partial charge in [0.1, 0.15) is 0 Å². The summed E-state index contributed by atoms with van der Waals surface area (Å²) in [5, 5.41) is 0. The Morgan fingerprint density at radius 1 is 1.53 bits per heavy atom. The topological polar surface area (TPSA) is 35.2 Å². The van der Waals surface area contributed by atoms with E-state index in [9.17, 15) is 0 Å². The third-order valence-corrected chi connectivity index (χ3v) is 3.32. The lowest BCUT2D eigenvalue weighted by molar-refractivity contribution is 0.0228. The maximum atomic E-state index is 6.25. The first kappa shape index (κ1) is 12.3. The highest BCUT2D eigenvalue weighted by atomic mass is 16.5. The quantitative estimate of drug-likeness (QED) is 0.808. The molecule has 0 radical (unpaired) electrons. The highest BCUT2D eigenvalue weighted by Gasteiger charge is 2.25. The van der Waals surface area contributed by atoms with Crippen LogP contribution in [0.4, 0.5) is 0 Å². The Balaban J connectivity index is 2.09. The van der Waals surface area contributed by atoms with E-state index in [1.54, 1.807) is 0 Å². The maximum Gasteiger partial charge on any atom is 0.0978 e. The molecule has 0 saturated carbocycles. The lowest BCUT2D eigenvalue weighted by atomic mass is 9.91. The minimum atomic E-state index is 0.0549. The maximum absolute atomic E-state index is 6.25. The molecule has 2 N–H and O–H groups in total. The molecule has 2 rings (SSSR count). The van der Waals surface area contributed by atoms with Crippen LogP contribution in [0.15, 0.2) is 36.4 Å². The molecule has 2 nitrogen and oxygen atoms in total. The SMILES string of the molecule is C=C(C)CCC(N)C1OCCc2ccccc21. The molecule has 2 atom stereocenters. The van der Waals surface area contributed by atoms with E-state index in [1.165, 1.54) is 16.7 Å². The zero-order valence-corrected chi connectivity index (χ0v) is 10.5. The summed E-state index contributed by atoms with van der Waals surface area (Å²) in [6.45, 7) is 6.74. The summed E-state index contributed by atoms with van der Waals surface area (Å²) in [5.41, 5.74) is 10.1. The number of rotatable bonds is 4. The van der Waals surface area contributed by atoms with Gasteiger partial charge in [0.2, 0.25) is 0 Å². The van der Waals surface area contributed by atoms with Crippen molar-refractivity contribution < 1.29 is 4.74 Å². The summed E-state index contributed by atoms with van der Waals surface area (Å²) in [6, 6.07) is 8.52. The van der Waals surface area contributed by atoms with Crippen molar-refractivity contribution in [3.63, 3.8) is 0 Å². The van der Waals surface area contributed by atoms with Gasteiger partial charge in [-0.1, -0.05) is 29.8 Å². The van der Waals surface area contributed by atoms with Crippen LogP contribution >= 0.6 is 0 Å². The molecule has 2 heteroatoms. The van der Waals surface area contributed by atoms with Crippen molar-refractivity contribution in [2.24, 2.45) is 5.73 Å². The Morgan fingerprint density at radius 2 is 2.29 bits per heavy atom. The number of fused-ring (bicyclic) bond motifs is 1. The first-order valence-electron chi connectivity index (χ1n) is 6.28. The molecule has 0 spiro atoms. The molecule has 92 valence electrons. The van der Waals surface area contributed by atoms with E-state index in [0.717, 1.165) is 25.9 Å². The van der Waals surface area contributed by atoms with E-state index in [-0.39, 0.29) is 12.1 Å². The van der Waals surface area contributed by atoms with Gasteiger partial charge < -0.3 is 10.5 Å². The fourth-order valence-electron chi connectivity index (χ4n) is 2.34. The normalized spacial score (nSPS) is 20.7. The molecule has 1 aromatic carbocycles. The van der Waals surface area contributed by atoms with Gasteiger partial charge in [-0.2, -0.15) is 0 Å². The fraction of sp³-hybridized carbons (Fsp3) is 0.467. The molecule has 1 aliphatic rings. The third kappa shape index (κ3) is 2.96. The minimum absolute atomic E-state index is 0.0549. The average molecular weight is 231 g/mol. The second-order valence-electron chi connectivity index (χ2n) is 4.90. The van der Waals surface area contributed by atoms with Crippen LogP contribution < -0.4 is 5.73 Å². The summed E-state index contributed by atoms with van der Waals surface area (Å²) >= 11 is 0. The van der Waals surface area contributed by atoms with Crippen LogP contribution in [-0.4, -0.2) is 12.6 Å². The number of hydrogen-bond acceptors (Lipinski definition) is 2. The van der Waals surface area contributed by atoms with E-state index in [0.29, 0.717) is 0 Å².